The van der Waals surface area contributed by atoms with E-state index < -0.39 is 11.9 Å². The van der Waals surface area contributed by atoms with Gasteiger partial charge in [0, 0.05) is 30.2 Å². The number of carboxylic acid groups (broad SMARTS) is 1. The van der Waals surface area contributed by atoms with Crippen molar-refractivity contribution in [3.8, 4) is 17.1 Å². The number of carboxylic acids is 1. The molecule has 1 aromatic heterocycles. The highest BCUT2D eigenvalue weighted by atomic mass is 32.1. The molecule has 2 heterocycles. The molecule has 0 bridgehead atoms. The van der Waals surface area contributed by atoms with E-state index in [2.05, 4.69) is 14.7 Å². The predicted molar refractivity (Wildman–Crippen MR) is 88.2 cm³/mol. The number of benzene rings is 1. The topological polar surface area (TPSA) is 105 Å². The van der Waals surface area contributed by atoms with Crippen LogP contribution in [0.2, 0.25) is 0 Å². The molecule has 0 aliphatic carbocycles. The molecule has 3 rings (SSSR count). The van der Waals surface area contributed by atoms with Gasteiger partial charge in [0.15, 0.2) is 5.82 Å². The van der Waals surface area contributed by atoms with E-state index in [4.69, 9.17) is 9.84 Å². The van der Waals surface area contributed by atoms with Crippen molar-refractivity contribution < 1.29 is 19.4 Å². The molecule has 2 amide bonds. The van der Waals surface area contributed by atoms with E-state index in [1.165, 1.54) is 4.90 Å². The van der Waals surface area contributed by atoms with Gasteiger partial charge in [-0.1, -0.05) is 12.1 Å². The fourth-order valence-corrected chi connectivity index (χ4v) is 3.05. The Kier molecular flexibility index (Phi) is 4.61. The van der Waals surface area contributed by atoms with Gasteiger partial charge in [-0.25, -0.2) is 4.79 Å². The molecular weight excluding hydrogens is 332 g/mol. The number of likely N-dealkylation sites (tertiary alicyclic amines) is 1. The number of hydrogen-bond donors (Lipinski definition) is 2. The molecular formula is C15H16N4O4S. The summed E-state index contributed by atoms with van der Waals surface area (Å²) in [7, 11) is 1.58. The summed E-state index contributed by atoms with van der Waals surface area (Å²) >= 11 is 1.08. The van der Waals surface area contributed by atoms with Crippen molar-refractivity contribution in [2.45, 2.75) is 6.42 Å². The zero-order valence-corrected chi connectivity index (χ0v) is 13.7. The zero-order valence-electron chi connectivity index (χ0n) is 12.9. The van der Waals surface area contributed by atoms with E-state index in [1.807, 2.05) is 24.3 Å². The van der Waals surface area contributed by atoms with Crippen LogP contribution in [0.25, 0.3) is 11.4 Å². The summed E-state index contributed by atoms with van der Waals surface area (Å²) in [6.45, 7) is 0.632. The van der Waals surface area contributed by atoms with Crippen LogP contribution in [0.5, 0.6) is 5.75 Å². The molecule has 1 aliphatic heterocycles. The van der Waals surface area contributed by atoms with Crippen molar-refractivity contribution in [3.63, 3.8) is 0 Å². The monoisotopic (exact) mass is 348 g/mol. The number of methoxy groups -OCH3 is 1. The van der Waals surface area contributed by atoms with Crippen LogP contribution in [0.1, 0.15) is 6.42 Å². The second-order valence-electron chi connectivity index (χ2n) is 5.36. The summed E-state index contributed by atoms with van der Waals surface area (Å²) in [5, 5.41) is 12.0. The summed E-state index contributed by atoms with van der Waals surface area (Å²) < 4.78 is 9.40. The number of hydrogen-bond acceptors (Lipinski definition) is 6. The van der Waals surface area contributed by atoms with Gasteiger partial charge in [-0.15, -0.1) is 0 Å². The summed E-state index contributed by atoms with van der Waals surface area (Å²) in [5.41, 5.74) is 0.790. The molecule has 1 aliphatic rings. The third-order valence-corrected chi connectivity index (χ3v) is 4.42. The molecule has 1 atom stereocenters. The van der Waals surface area contributed by atoms with E-state index in [-0.39, 0.29) is 12.6 Å². The fourth-order valence-electron chi connectivity index (χ4n) is 2.47. The predicted octanol–water partition coefficient (Wildman–Crippen LogP) is 2.15. The first-order valence-electron chi connectivity index (χ1n) is 7.33. The number of anilines is 1. The van der Waals surface area contributed by atoms with Crippen LogP contribution in [0, 0.1) is 5.92 Å². The highest BCUT2D eigenvalue weighted by Gasteiger charge is 2.31. The molecule has 1 fully saturated rings. The molecule has 1 aromatic carbocycles. The lowest BCUT2D eigenvalue weighted by Crippen LogP contribution is -2.33. The first kappa shape index (κ1) is 16.2. The lowest BCUT2D eigenvalue weighted by Gasteiger charge is -2.15. The molecule has 2 aromatic rings. The first-order chi connectivity index (χ1) is 11.6. The number of nitrogens with zero attached hydrogens (tertiary/aromatic N) is 3. The maximum Gasteiger partial charge on any atom is 0.323 e. The highest BCUT2D eigenvalue weighted by Crippen LogP contribution is 2.25. The van der Waals surface area contributed by atoms with Crippen LogP contribution in [-0.4, -0.2) is 51.6 Å². The summed E-state index contributed by atoms with van der Waals surface area (Å²) in [6, 6.07) is 6.97. The van der Waals surface area contributed by atoms with Crippen molar-refractivity contribution >= 4 is 28.7 Å². The van der Waals surface area contributed by atoms with Crippen LogP contribution in [0.3, 0.4) is 0 Å². The number of aliphatic carboxylic acids is 1. The van der Waals surface area contributed by atoms with Crippen molar-refractivity contribution in [2.24, 2.45) is 5.92 Å². The zero-order chi connectivity index (χ0) is 17.1. The Hall–Kier alpha value is -2.68. The second kappa shape index (κ2) is 6.83. The minimum absolute atomic E-state index is 0.211. The number of ether oxygens (including phenoxy) is 1. The third-order valence-electron chi connectivity index (χ3n) is 3.79. The van der Waals surface area contributed by atoms with E-state index in [1.54, 1.807) is 7.11 Å². The average Bonchev–Trinajstić information content (AvgIpc) is 3.24. The van der Waals surface area contributed by atoms with Crippen LogP contribution in [0.15, 0.2) is 24.3 Å². The average molecular weight is 348 g/mol. The lowest BCUT2D eigenvalue weighted by atomic mass is 10.1. The first-order valence-corrected chi connectivity index (χ1v) is 8.11. The van der Waals surface area contributed by atoms with Crippen LogP contribution in [0.4, 0.5) is 9.93 Å². The van der Waals surface area contributed by atoms with Crippen LogP contribution < -0.4 is 10.1 Å². The van der Waals surface area contributed by atoms with Crippen molar-refractivity contribution in [2.75, 3.05) is 25.5 Å². The maximum absolute atomic E-state index is 12.2. The number of aromatic nitrogens is 2. The molecule has 24 heavy (non-hydrogen) atoms. The molecule has 126 valence electrons. The van der Waals surface area contributed by atoms with Crippen molar-refractivity contribution in [1.82, 2.24) is 14.3 Å². The molecule has 8 nitrogen and oxygen atoms in total. The molecule has 0 saturated carbocycles. The van der Waals surface area contributed by atoms with Gasteiger partial charge >= 0.3 is 12.0 Å². The molecule has 2 N–H and O–H groups in total. The number of amides is 2. The van der Waals surface area contributed by atoms with Crippen LogP contribution in [-0.2, 0) is 4.79 Å². The smallest absolute Gasteiger partial charge is 0.323 e. The summed E-state index contributed by atoms with van der Waals surface area (Å²) in [5.74, 6) is -0.178. The largest absolute Gasteiger partial charge is 0.497 e. The molecule has 1 saturated heterocycles. The Morgan fingerprint density at radius 2 is 2.29 bits per heavy atom. The molecule has 0 spiro atoms. The van der Waals surface area contributed by atoms with Crippen LogP contribution >= 0.6 is 11.5 Å². The molecule has 0 unspecified atom stereocenters. The van der Waals surface area contributed by atoms with E-state index in [0.717, 1.165) is 17.1 Å². The Morgan fingerprint density at radius 3 is 3.00 bits per heavy atom. The molecule has 9 heteroatoms. The van der Waals surface area contributed by atoms with Gasteiger partial charge in [0.25, 0.3) is 0 Å². The Labute approximate surface area is 142 Å². The maximum atomic E-state index is 12.2. The van der Waals surface area contributed by atoms with Gasteiger partial charge in [-0.05, 0) is 18.6 Å². The minimum atomic E-state index is -0.874. The fraction of sp³-hybridized carbons (Fsp3) is 0.333. The summed E-state index contributed by atoms with van der Waals surface area (Å²) in [6.07, 6.45) is 0.466. The lowest BCUT2D eigenvalue weighted by molar-refractivity contribution is -0.141. The van der Waals surface area contributed by atoms with E-state index in [9.17, 15) is 9.59 Å². The minimum Gasteiger partial charge on any atom is -0.497 e. The second-order valence-corrected chi connectivity index (χ2v) is 6.11. The number of carbonyl (C=O) groups excluding carboxylic acids is 1. The Balaban J connectivity index is 1.66. The van der Waals surface area contributed by atoms with E-state index >= 15 is 0 Å². The number of carbonyl (C=O) groups is 2. The molecule has 0 radical (unpaired) electrons. The van der Waals surface area contributed by atoms with Crippen molar-refractivity contribution in [3.05, 3.63) is 24.3 Å². The number of nitrogens with one attached hydrogen (secondary N) is 1. The van der Waals surface area contributed by atoms with Crippen molar-refractivity contribution in [1.29, 1.82) is 0 Å². The van der Waals surface area contributed by atoms with E-state index in [0.29, 0.717) is 29.7 Å². The number of rotatable bonds is 4. The SMILES string of the molecule is COc1cccc(-c2nsc(NC(=O)N3CC[C@@H](C(=O)O)C3)n2)c1. The standard InChI is InChI=1S/C15H16N4O4S/c1-23-11-4-2-3-9(7-11)12-16-14(24-18-12)17-15(22)19-6-5-10(8-19)13(20)21/h2-4,7,10H,5-6,8H2,1H3,(H,20,21)(H,16,17,18,22)/t10-/m1/s1. The number of urea groups is 1. The third kappa shape index (κ3) is 3.46. The highest BCUT2D eigenvalue weighted by molar-refractivity contribution is 7.10. The van der Waals surface area contributed by atoms with Gasteiger partial charge < -0.3 is 14.7 Å². The Morgan fingerprint density at radius 1 is 1.46 bits per heavy atom. The van der Waals surface area contributed by atoms with Gasteiger partial charge in [0.2, 0.25) is 5.13 Å². The summed E-state index contributed by atoms with van der Waals surface area (Å²) in [4.78, 5) is 28.9. The quantitative estimate of drug-likeness (QED) is 0.877. The van der Waals surface area contributed by atoms with Gasteiger partial charge in [-0.3, -0.25) is 10.1 Å². The normalized spacial score (nSPS) is 16.9. The Bertz CT molecular complexity index is 763. The van der Waals surface area contributed by atoms with Gasteiger partial charge in [0.05, 0.1) is 13.0 Å². The van der Waals surface area contributed by atoms with Gasteiger partial charge in [-0.2, -0.15) is 9.36 Å². The van der Waals surface area contributed by atoms with Gasteiger partial charge in [0.1, 0.15) is 5.75 Å².